The van der Waals surface area contributed by atoms with Crippen LogP contribution in [0.2, 0.25) is 0 Å². The Morgan fingerprint density at radius 3 is 2.60 bits per heavy atom. The average Bonchev–Trinajstić information content (AvgIpc) is 2.61. The molecule has 2 atom stereocenters. The van der Waals surface area contributed by atoms with Crippen LogP contribution in [0.1, 0.15) is 5.56 Å². The number of sulfone groups is 1. The van der Waals surface area contributed by atoms with Crippen molar-refractivity contribution in [2.24, 2.45) is 0 Å². The average molecular weight is 303 g/mol. The molecule has 1 heterocycles. The van der Waals surface area contributed by atoms with Crippen LogP contribution in [0.4, 0.5) is 5.69 Å². The molecule has 9 heteroatoms. The Labute approximate surface area is 114 Å². The van der Waals surface area contributed by atoms with Gasteiger partial charge in [0.1, 0.15) is 12.2 Å². The van der Waals surface area contributed by atoms with Crippen LogP contribution in [-0.2, 0) is 16.4 Å². The molecule has 0 aliphatic carbocycles. The maximum atomic E-state index is 11.4. The molecular weight excluding hydrogens is 290 g/mol. The van der Waals surface area contributed by atoms with Crippen LogP contribution in [-0.4, -0.2) is 47.3 Å². The maximum absolute atomic E-state index is 11.4. The van der Waals surface area contributed by atoms with Gasteiger partial charge in [0.2, 0.25) is 0 Å². The van der Waals surface area contributed by atoms with E-state index in [0.717, 1.165) is 6.07 Å². The van der Waals surface area contributed by atoms with Crippen LogP contribution < -0.4 is 4.74 Å². The number of aliphatic hydroxyl groups is 2. The minimum Gasteiger partial charge on any atom is -0.480 e. The lowest BCUT2D eigenvalue weighted by molar-refractivity contribution is -0.386. The summed E-state index contributed by atoms with van der Waals surface area (Å²) in [6, 6.07) is 3.79. The highest BCUT2D eigenvalue weighted by atomic mass is 32.2. The number of nitrogens with zero attached hydrogens (tertiary/aromatic N) is 1. The summed E-state index contributed by atoms with van der Waals surface area (Å²) in [6.45, 7) is -0.333. The van der Waals surface area contributed by atoms with Crippen molar-refractivity contribution in [1.82, 2.24) is 0 Å². The minimum atomic E-state index is -3.41. The molecule has 1 saturated heterocycles. The first kappa shape index (κ1) is 14.7. The van der Waals surface area contributed by atoms with Crippen molar-refractivity contribution in [3.8, 4) is 5.75 Å². The molecule has 2 unspecified atom stereocenters. The summed E-state index contributed by atoms with van der Waals surface area (Å²) in [4.78, 5) is 10.2. The summed E-state index contributed by atoms with van der Waals surface area (Å²) in [5.74, 6) is -0.984. The van der Waals surface area contributed by atoms with Crippen molar-refractivity contribution < 1.29 is 28.3 Å². The van der Waals surface area contributed by atoms with Crippen molar-refractivity contribution in [2.75, 3.05) is 11.5 Å². The Balaban J connectivity index is 2.30. The first-order chi connectivity index (χ1) is 9.32. The fourth-order valence-electron chi connectivity index (χ4n) is 1.97. The Morgan fingerprint density at radius 2 is 2.10 bits per heavy atom. The predicted octanol–water partition coefficient (Wildman–Crippen LogP) is -0.376. The number of nitro groups is 1. The van der Waals surface area contributed by atoms with Gasteiger partial charge in [-0.05, 0) is 17.7 Å². The number of benzene rings is 1. The van der Waals surface area contributed by atoms with Gasteiger partial charge in [0, 0.05) is 6.07 Å². The third-order valence-corrected chi connectivity index (χ3v) is 4.64. The van der Waals surface area contributed by atoms with E-state index >= 15 is 0 Å². The van der Waals surface area contributed by atoms with Gasteiger partial charge in [0.25, 0.3) is 0 Å². The van der Waals surface area contributed by atoms with E-state index in [1.54, 1.807) is 0 Å². The first-order valence-corrected chi connectivity index (χ1v) is 7.58. The highest BCUT2D eigenvalue weighted by Gasteiger charge is 2.39. The van der Waals surface area contributed by atoms with Gasteiger partial charge in [-0.15, -0.1) is 0 Å². The highest BCUT2D eigenvalue weighted by Crippen LogP contribution is 2.31. The van der Waals surface area contributed by atoms with Gasteiger partial charge in [0.15, 0.2) is 15.6 Å². The lowest BCUT2D eigenvalue weighted by Gasteiger charge is -2.16. The number of ether oxygens (including phenoxy) is 1. The second-order valence-corrected chi connectivity index (χ2v) is 6.67. The van der Waals surface area contributed by atoms with Crippen LogP contribution in [0.5, 0.6) is 5.75 Å². The van der Waals surface area contributed by atoms with Crippen molar-refractivity contribution in [3.63, 3.8) is 0 Å². The predicted molar refractivity (Wildman–Crippen MR) is 68.1 cm³/mol. The molecule has 0 amide bonds. The Hall–Kier alpha value is -1.71. The van der Waals surface area contributed by atoms with E-state index in [0.29, 0.717) is 5.56 Å². The Bertz CT molecular complexity index is 628. The van der Waals surface area contributed by atoms with E-state index in [9.17, 15) is 23.6 Å². The largest absolute Gasteiger partial charge is 0.480 e. The minimum absolute atomic E-state index is 0.164. The van der Waals surface area contributed by atoms with Gasteiger partial charge in [-0.25, -0.2) is 8.42 Å². The van der Waals surface area contributed by atoms with Crippen LogP contribution >= 0.6 is 0 Å². The fourth-order valence-corrected chi connectivity index (χ4v) is 3.64. The van der Waals surface area contributed by atoms with Gasteiger partial charge in [-0.3, -0.25) is 10.1 Å². The quantitative estimate of drug-likeness (QED) is 0.573. The van der Waals surface area contributed by atoms with Crippen molar-refractivity contribution in [2.45, 2.75) is 18.8 Å². The first-order valence-electron chi connectivity index (χ1n) is 5.76. The monoisotopic (exact) mass is 303 g/mol. The van der Waals surface area contributed by atoms with Crippen LogP contribution in [0.25, 0.3) is 0 Å². The number of aliphatic hydroxyl groups excluding tert-OH is 2. The number of hydrogen-bond acceptors (Lipinski definition) is 7. The molecule has 110 valence electrons. The molecule has 2 N–H and O–H groups in total. The third-order valence-electron chi connectivity index (χ3n) is 2.95. The molecule has 1 aliphatic heterocycles. The summed E-state index contributed by atoms with van der Waals surface area (Å²) in [5.41, 5.74) is 0.0413. The third kappa shape index (κ3) is 3.06. The molecule has 1 aliphatic rings. The molecule has 0 radical (unpaired) electrons. The Morgan fingerprint density at radius 1 is 1.40 bits per heavy atom. The lowest BCUT2D eigenvalue weighted by Crippen LogP contribution is -2.30. The van der Waals surface area contributed by atoms with Crippen LogP contribution in [0, 0.1) is 10.1 Å². The Kier molecular flexibility index (Phi) is 3.93. The summed E-state index contributed by atoms with van der Waals surface area (Å²) in [5, 5.41) is 29.5. The number of nitro benzene ring substituents is 1. The molecule has 0 bridgehead atoms. The smallest absolute Gasteiger partial charge is 0.310 e. The molecule has 0 spiro atoms. The summed E-state index contributed by atoms with van der Waals surface area (Å²) < 4.78 is 28.0. The van der Waals surface area contributed by atoms with E-state index in [1.165, 1.54) is 12.1 Å². The lowest BCUT2D eigenvalue weighted by atomic mass is 10.2. The number of hydrogen-bond donors (Lipinski definition) is 2. The second kappa shape index (κ2) is 5.35. The van der Waals surface area contributed by atoms with E-state index < -0.39 is 38.5 Å². The SMILES string of the molecule is O=[N+]([O-])c1ccc(CO)cc1OC1CS(=O)(=O)CC1O. The van der Waals surface area contributed by atoms with E-state index in [4.69, 9.17) is 9.84 Å². The zero-order chi connectivity index (χ0) is 14.9. The highest BCUT2D eigenvalue weighted by molar-refractivity contribution is 7.91. The molecule has 8 nitrogen and oxygen atoms in total. The fraction of sp³-hybridized carbons (Fsp3) is 0.455. The van der Waals surface area contributed by atoms with Gasteiger partial charge < -0.3 is 14.9 Å². The van der Waals surface area contributed by atoms with E-state index in [2.05, 4.69) is 0 Å². The zero-order valence-electron chi connectivity index (χ0n) is 10.3. The van der Waals surface area contributed by atoms with E-state index in [-0.39, 0.29) is 18.0 Å². The van der Waals surface area contributed by atoms with Gasteiger partial charge in [-0.1, -0.05) is 0 Å². The van der Waals surface area contributed by atoms with Crippen molar-refractivity contribution >= 4 is 15.5 Å². The summed E-state index contributed by atoms with van der Waals surface area (Å²) in [6.07, 6.45) is -2.27. The van der Waals surface area contributed by atoms with Crippen molar-refractivity contribution in [1.29, 1.82) is 0 Å². The van der Waals surface area contributed by atoms with Gasteiger partial charge in [-0.2, -0.15) is 0 Å². The summed E-state index contributed by atoms with van der Waals surface area (Å²) in [7, 11) is -3.41. The van der Waals surface area contributed by atoms with Gasteiger partial charge in [0.05, 0.1) is 23.0 Å². The number of rotatable bonds is 4. The molecule has 0 aromatic heterocycles. The maximum Gasteiger partial charge on any atom is 0.310 e. The molecule has 1 aromatic rings. The second-order valence-electron chi connectivity index (χ2n) is 4.52. The summed E-state index contributed by atoms with van der Waals surface area (Å²) >= 11 is 0. The van der Waals surface area contributed by atoms with Crippen molar-refractivity contribution in [3.05, 3.63) is 33.9 Å². The van der Waals surface area contributed by atoms with Crippen LogP contribution in [0.15, 0.2) is 18.2 Å². The molecule has 0 saturated carbocycles. The zero-order valence-corrected chi connectivity index (χ0v) is 11.1. The normalized spacial score (nSPS) is 24.5. The standard InChI is InChI=1S/C11H13NO7S/c13-4-7-1-2-8(12(15)16)10(3-7)19-11-6-20(17,18)5-9(11)14/h1-3,9,11,13-14H,4-6H2. The topological polar surface area (TPSA) is 127 Å². The molecule has 2 rings (SSSR count). The van der Waals surface area contributed by atoms with Crippen LogP contribution in [0.3, 0.4) is 0 Å². The molecule has 20 heavy (non-hydrogen) atoms. The molecular formula is C11H13NO7S. The van der Waals surface area contributed by atoms with Gasteiger partial charge >= 0.3 is 5.69 Å². The molecule has 1 fully saturated rings. The molecule has 1 aromatic carbocycles. The van der Waals surface area contributed by atoms with E-state index in [1.807, 2.05) is 0 Å².